The van der Waals surface area contributed by atoms with E-state index >= 15 is 0 Å². The Morgan fingerprint density at radius 2 is 0.873 bits per heavy atom. The number of unbranched alkanes of at least 4 members (excludes halogenated alkanes) is 2. The molecule has 0 aromatic rings. The van der Waals surface area contributed by atoms with Crippen LogP contribution in [0, 0.1) is 0 Å². The molecule has 0 spiro atoms. The number of hydrogen-bond acceptors (Lipinski definition) is 17. The summed E-state index contributed by atoms with van der Waals surface area (Å²) in [6, 6.07) is -2.19. The molecule has 1 fully saturated rings. The molecule has 0 radical (unpaired) electrons. The second-order valence-corrected chi connectivity index (χ2v) is 16.7. The summed E-state index contributed by atoms with van der Waals surface area (Å²) < 4.78 is 0. The van der Waals surface area contributed by atoms with Crippen LogP contribution in [0.5, 0.6) is 0 Å². The number of likely N-dealkylation sites (N-methyl/N-ethyl adjacent to an activating group) is 1. The van der Waals surface area contributed by atoms with Gasteiger partial charge in [-0.2, -0.15) is 0 Å². The summed E-state index contributed by atoms with van der Waals surface area (Å²) in [6.45, 7) is 3.34. The molecule has 1 aliphatic heterocycles. The molecule has 71 heavy (non-hydrogen) atoms. The molecule has 0 aromatic heterocycles. The zero-order chi connectivity index (χ0) is 53.1. The molecule has 1 unspecified atom stereocenters. The van der Waals surface area contributed by atoms with Gasteiger partial charge >= 0.3 is 41.8 Å². The summed E-state index contributed by atoms with van der Waals surface area (Å²) >= 11 is 0. The molecule has 29 nitrogen and oxygen atoms in total. The van der Waals surface area contributed by atoms with Gasteiger partial charge in [-0.3, -0.25) is 67.7 Å². The Hall–Kier alpha value is -6.27. The van der Waals surface area contributed by atoms with Crippen molar-refractivity contribution in [1.82, 2.24) is 61.3 Å². The van der Waals surface area contributed by atoms with Crippen LogP contribution in [0.4, 0.5) is 4.79 Å². The molecule has 0 aromatic carbocycles. The van der Waals surface area contributed by atoms with Gasteiger partial charge in [0, 0.05) is 98.0 Å². The lowest BCUT2D eigenvalue weighted by atomic mass is 10.1. The molecular formula is C42H74N12O17. The molecule has 29 heteroatoms. The molecule has 0 saturated carbocycles. The quantitative estimate of drug-likeness (QED) is 0.0264. The highest BCUT2D eigenvalue weighted by Gasteiger charge is 2.23. The summed E-state index contributed by atoms with van der Waals surface area (Å²) in [6.07, 6.45) is 1.70. The van der Waals surface area contributed by atoms with Crippen molar-refractivity contribution >= 4 is 65.5 Å². The van der Waals surface area contributed by atoms with Crippen LogP contribution in [-0.4, -0.2) is 282 Å². The van der Waals surface area contributed by atoms with Gasteiger partial charge in [-0.1, -0.05) is 6.92 Å². The maximum atomic E-state index is 13.0. The van der Waals surface area contributed by atoms with E-state index in [-0.39, 0.29) is 84.2 Å². The molecular weight excluding hydrogens is 945 g/mol. The predicted octanol–water partition coefficient (Wildman–Crippen LogP) is -5.19. The third kappa shape index (κ3) is 33.8. The van der Waals surface area contributed by atoms with Crippen molar-refractivity contribution in [1.29, 1.82) is 0 Å². The van der Waals surface area contributed by atoms with Crippen LogP contribution in [0.2, 0.25) is 0 Å². The van der Waals surface area contributed by atoms with Crippen molar-refractivity contribution in [2.45, 2.75) is 51.5 Å². The van der Waals surface area contributed by atoms with E-state index in [0.717, 1.165) is 0 Å². The normalized spacial score (nSPS) is 14.8. The summed E-state index contributed by atoms with van der Waals surface area (Å²) in [4.78, 5) is 141. The fourth-order valence-electron chi connectivity index (χ4n) is 7.08. The SMILES string of the molecule is CCN1CCN(CC(=O)O)CCN(CC(=O)NCCNC(=O)CN(CCN(CC(=O)O)CC(=O)NCCCCC(=O)NCCCCC(NC(=O)NCC(=O)O)C(=O)O)CC(=O)O)CCN(CC(=O)O)CC1. The van der Waals surface area contributed by atoms with Gasteiger partial charge in [0.15, 0.2) is 0 Å². The zero-order valence-corrected chi connectivity index (χ0v) is 40.4. The van der Waals surface area contributed by atoms with E-state index in [2.05, 4.69) is 31.5 Å². The van der Waals surface area contributed by atoms with E-state index < -0.39 is 91.8 Å². The standard InChI is InChI=1S/C42H74N12O17/c1-2-49-13-15-51(27-37(61)62)19-17-50(18-20-52(16-14-49)28-38(63)64)24-33(56)45-11-12-46-35(58)26-54(30-40(67)68)22-21-53(29-39(65)66)25-34(57)44-10-6-4-8-32(55)43-9-5-3-7-31(41(69)70)48-42(71)47-23-36(59)60/h31H,2-30H2,1H3,(H,43,55)(H,44,57)(H,45,56)(H,46,58)(H,59,60)(H,61,62)(H,63,64)(H,65,66)(H,67,68)(H,69,70)(H2,47,48,71). The van der Waals surface area contributed by atoms with Crippen LogP contribution >= 0.6 is 0 Å². The minimum atomic E-state index is -1.30. The first-order valence-corrected chi connectivity index (χ1v) is 23.4. The molecule has 0 aliphatic carbocycles. The van der Waals surface area contributed by atoms with E-state index in [1.807, 2.05) is 17.1 Å². The van der Waals surface area contributed by atoms with Crippen LogP contribution < -0.4 is 31.9 Å². The van der Waals surface area contributed by atoms with E-state index in [9.17, 15) is 78.3 Å². The molecule has 0 bridgehead atoms. The Morgan fingerprint density at radius 1 is 0.451 bits per heavy atom. The molecule has 1 aliphatic rings. The van der Waals surface area contributed by atoms with Crippen LogP contribution in [0.3, 0.4) is 0 Å². The maximum Gasteiger partial charge on any atom is 0.326 e. The van der Waals surface area contributed by atoms with Gasteiger partial charge in [0.1, 0.15) is 12.6 Å². The first-order chi connectivity index (χ1) is 33.6. The first kappa shape index (κ1) is 62.7. The number of carbonyl (C=O) groups excluding carboxylic acids is 5. The fourth-order valence-corrected chi connectivity index (χ4v) is 7.08. The second kappa shape index (κ2) is 36.6. The number of nitrogens with zero attached hydrogens (tertiary/aromatic N) is 6. The van der Waals surface area contributed by atoms with Gasteiger partial charge in [0.2, 0.25) is 23.6 Å². The topological polar surface area (TPSA) is 401 Å². The Bertz CT molecular complexity index is 1710. The largest absolute Gasteiger partial charge is 0.480 e. The number of amides is 6. The molecule has 12 N–H and O–H groups in total. The van der Waals surface area contributed by atoms with Gasteiger partial charge in [-0.25, -0.2) is 9.59 Å². The van der Waals surface area contributed by atoms with Crippen LogP contribution in [0.1, 0.15) is 45.4 Å². The number of carboxylic acids is 6. The third-order valence-corrected chi connectivity index (χ3v) is 10.8. The van der Waals surface area contributed by atoms with E-state index in [1.54, 1.807) is 9.80 Å². The Labute approximate surface area is 411 Å². The van der Waals surface area contributed by atoms with E-state index in [1.165, 1.54) is 9.80 Å². The fraction of sp³-hybridized carbons (Fsp3) is 0.738. The van der Waals surface area contributed by atoms with E-state index in [0.29, 0.717) is 84.6 Å². The number of urea groups is 1. The highest BCUT2D eigenvalue weighted by atomic mass is 16.4. The van der Waals surface area contributed by atoms with Crippen molar-refractivity contribution in [3.63, 3.8) is 0 Å². The zero-order valence-electron chi connectivity index (χ0n) is 40.4. The van der Waals surface area contributed by atoms with Gasteiger partial charge in [0.05, 0.1) is 45.8 Å². The molecule has 6 amide bonds. The average molecular weight is 1020 g/mol. The lowest BCUT2D eigenvalue weighted by molar-refractivity contribution is -0.141. The summed E-state index contributed by atoms with van der Waals surface area (Å²) in [7, 11) is 0. The van der Waals surface area contributed by atoms with Crippen molar-refractivity contribution < 1.29 is 83.4 Å². The number of carboxylic acid groups (broad SMARTS) is 6. The number of nitrogens with one attached hydrogen (secondary N) is 6. The average Bonchev–Trinajstić information content (AvgIpc) is 3.27. The lowest BCUT2D eigenvalue weighted by Crippen LogP contribution is -2.49. The first-order valence-electron chi connectivity index (χ1n) is 23.4. The van der Waals surface area contributed by atoms with Crippen molar-refractivity contribution in [3.05, 3.63) is 0 Å². The monoisotopic (exact) mass is 1020 g/mol. The highest BCUT2D eigenvalue weighted by Crippen LogP contribution is 2.04. The second-order valence-electron chi connectivity index (χ2n) is 16.7. The number of rotatable bonds is 35. The number of aliphatic carboxylic acids is 6. The van der Waals surface area contributed by atoms with Crippen LogP contribution in [-0.2, 0) is 47.9 Å². The van der Waals surface area contributed by atoms with Crippen molar-refractivity contribution in [2.24, 2.45) is 0 Å². The predicted molar refractivity (Wildman–Crippen MR) is 250 cm³/mol. The van der Waals surface area contributed by atoms with Gasteiger partial charge in [0.25, 0.3) is 0 Å². The Balaban J connectivity index is 2.55. The smallest absolute Gasteiger partial charge is 0.326 e. The maximum absolute atomic E-state index is 13.0. The summed E-state index contributed by atoms with van der Waals surface area (Å²) in [5.41, 5.74) is 0. The molecule has 1 heterocycles. The number of carbonyl (C=O) groups is 11. The lowest BCUT2D eigenvalue weighted by Gasteiger charge is -2.33. The van der Waals surface area contributed by atoms with Gasteiger partial charge in [-0.05, 0) is 38.6 Å². The molecule has 1 saturated heterocycles. The molecule has 1 atom stereocenters. The van der Waals surface area contributed by atoms with E-state index in [4.69, 9.17) is 5.11 Å². The van der Waals surface area contributed by atoms with Crippen LogP contribution in [0.15, 0.2) is 0 Å². The third-order valence-electron chi connectivity index (χ3n) is 10.8. The number of hydrogen-bond donors (Lipinski definition) is 12. The van der Waals surface area contributed by atoms with Crippen molar-refractivity contribution in [2.75, 3.05) is 151 Å². The summed E-state index contributed by atoms with van der Waals surface area (Å²) in [5, 5.41) is 70.5. The Kier molecular flexibility index (Phi) is 32.4. The molecule has 404 valence electrons. The van der Waals surface area contributed by atoms with Crippen molar-refractivity contribution in [3.8, 4) is 0 Å². The molecule has 1 rings (SSSR count). The van der Waals surface area contributed by atoms with Gasteiger partial charge in [-0.15, -0.1) is 0 Å². The van der Waals surface area contributed by atoms with Gasteiger partial charge < -0.3 is 67.4 Å². The summed E-state index contributed by atoms with van der Waals surface area (Å²) in [5.74, 6) is -8.86. The minimum Gasteiger partial charge on any atom is -0.480 e. The highest BCUT2D eigenvalue weighted by molar-refractivity contribution is 5.85. The Morgan fingerprint density at radius 3 is 1.31 bits per heavy atom. The van der Waals surface area contributed by atoms with Crippen LogP contribution in [0.25, 0.3) is 0 Å². The minimum absolute atomic E-state index is 0.0111.